The van der Waals surface area contributed by atoms with Crippen molar-refractivity contribution in [3.8, 4) is 0 Å². The SMILES string of the molecule is NNC(c1cnsn1)c1cnccc1C(F)(F)F. The van der Waals surface area contributed by atoms with Crippen LogP contribution in [0.3, 0.4) is 0 Å². The number of aromatic nitrogens is 3. The molecule has 3 N–H and O–H groups in total. The topological polar surface area (TPSA) is 76.7 Å². The largest absolute Gasteiger partial charge is 0.416 e. The van der Waals surface area contributed by atoms with Crippen molar-refractivity contribution < 1.29 is 13.2 Å². The predicted octanol–water partition coefficient (Wildman–Crippen LogP) is 1.50. The Bertz CT molecular complexity index is 513. The number of rotatable bonds is 3. The Balaban J connectivity index is 2.50. The molecule has 18 heavy (non-hydrogen) atoms. The maximum absolute atomic E-state index is 12.9. The van der Waals surface area contributed by atoms with Crippen LogP contribution < -0.4 is 11.3 Å². The Labute approximate surface area is 104 Å². The summed E-state index contributed by atoms with van der Waals surface area (Å²) in [6.45, 7) is 0. The monoisotopic (exact) mass is 275 g/mol. The van der Waals surface area contributed by atoms with Crippen LogP contribution in [0.4, 0.5) is 13.2 Å². The summed E-state index contributed by atoms with van der Waals surface area (Å²) in [6, 6.07) is 0.00788. The van der Waals surface area contributed by atoms with Crippen molar-refractivity contribution in [3.05, 3.63) is 41.5 Å². The van der Waals surface area contributed by atoms with Gasteiger partial charge in [0.05, 0.1) is 35.2 Å². The van der Waals surface area contributed by atoms with E-state index in [-0.39, 0.29) is 5.56 Å². The molecule has 1 atom stereocenters. The van der Waals surface area contributed by atoms with Gasteiger partial charge in [0.2, 0.25) is 0 Å². The number of halogens is 3. The Hall–Kier alpha value is -1.58. The molecule has 1 unspecified atom stereocenters. The highest BCUT2D eigenvalue weighted by molar-refractivity contribution is 6.99. The minimum atomic E-state index is -4.48. The first kappa shape index (κ1) is 12.9. The minimum Gasteiger partial charge on any atom is -0.271 e. The Morgan fingerprint density at radius 3 is 2.67 bits per heavy atom. The van der Waals surface area contributed by atoms with Crippen LogP contribution in [0.15, 0.2) is 24.7 Å². The quantitative estimate of drug-likeness (QED) is 0.656. The van der Waals surface area contributed by atoms with Crippen molar-refractivity contribution >= 4 is 11.7 Å². The molecule has 0 fully saturated rings. The molecule has 0 saturated heterocycles. The third-order valence-electron chi connectivity index (χ3n) is 2.31. The highest BCUT2D eigenvalue weighted by Crippen LogP contribution is 2.35. The number of hydrazine groups is 1. The third-order valence-corrected chi connectivity index (χ3v) is 2.80. The van der Waals surface area contributed by atoms with Crippen LogP contribution >= 0.6 is 11.7 Å². The van der Waals surface area contributed by atoms with E-state index in [1.165, 1.54) is 6.20 Å². The van der Waals surface area contributed by atoms with E-state index in [0.717, 1.165) is 30.2 Å². The molecule has 2 rings (SSSR count). The maximum atomic E-state index is 12.9. The molecule has 0 aliphatic heterocycles. The van der Waals surface area contributed by atoms with Crippen molar-refractivity contribution in [1.29, 1.82) is 0 Å². The van der Waals surface area contributed by atoms with Gasteiger partial charge in [0, 0.05) is 18.0 Å². The fourth-order valence-corrected chi connectivity index (χ4v) is 1.98. The molecule has 0 bridgehead atoms. The summed E-state index contributed by atoms with van der Waals surface area (Å²) in [6.07, 6.45) is -0.912. The van der Waals surface area contributed by atoms with E-state index in [2.05, 4.69) is 19.2 Å². The second-order valence-electron chi connectivity index (χ2n) is 3.39. The molecule has 0 aliphatic carbocycles. The van der Waals surface area contributed by atoms with Gasteiger partial charge in [-0.25, -0.2) is 5.43 Å². The minimum absolute atomic E-state index is 0.0831. The van der Waals surface area contributed by atoms with Gasteiger partial charge < -0.3 is 0 Å². The van der Waals surface area contributed by atoms with E-state index < -0.39 is 17.8 Å². The van der Waals surface area contributed by atoms with Crippen LogP contribution in [-0.2, 0) is 6.18 Å². The lowest BCUT2D eigenvalue weighted by Gasteiger charge is -2.18. The lowest BCUT2D eigenvalue weighted by Crippen LogP contribution is -2.31. The number of hydrogen-bond donors (Lipinski definition) is 2. The van der Waals surface area contributed by atoms with E-state index in [9.17, 15) is 13.2 Å². The van der Waals surface area contributed by atoms with Gasteiger partial charge >= 0.3 is 6.18 Å². The van der Waals surface area contributed by atoms with E-state index in [1.54, 1.807) is 0 Å². The second-order valence-corrected chi connectivity index (χ2v) is 3.95. The van der Waals surface area contributed by atoms with E-state index >= 15 is 0 Å². The smallest absolute Gasteiger partial charge is 0.271 e. The van der Waals surface area contributed by atoms with Gasteiger partial charge in [-0.15, -0.1) is 0 Å². The van der Waals surface area contributed by atoms with Gasteiger partial charge in [-0.05, 0) is 6.07 Å². The Kier molecular flexibility index (Phi) is 3.55. The number of pyridine rings is 1. The highest BCUT2D eigenvalue weighted by atomic mass is 32.1. The van der Waals surface area contributed by atoms with Crippen LogP contribution in [0.25, 0.3) is 0 Å². The van der Waals surface area contributed by atoms with Crippen LogP contribution in [0.1, 0.15) is 22.9 Å². The fraction of sp³-hybridized carbons (Fsp3) is 0.222. The van der Waals surface area contributed by atoms with Crippen molar-refractivity contribution in [2.75, 3.05) is 0 Å². The molecule has 9 heteroatoms. The van der Waals surface area contributed by atoms with Gasteiger partial charge in [0.1, 0.15) is 0 Å². The normalized spacial score (nSPS) is 13.6. The lowest BCUT2D eigenvalue weighted by atomic mass is 10.0. The summed E-state index contributed by atoms with van der Waals surface area (Å²) < 4.78 is 46.2. The number of nitrogens with zero attached hydrogens (tertiary/aromatic N) is 3. The zero-order chi connectivity index (χ0) is 13.2. The summed E-state index contributed by atoms with van der Waals surface area (Å²) in [5.74, 6) is 5.30. The Morgan fingerprint density at radius 1 is 1.33 bits per heavy atom. The molecule has 0 amide bonds. The number of alkyl halides is 3. The first-order valence-corrected chi connectivity index (χ1v) is 5.51. The van der Waals surface area contributed by atoms with Crippen molar-refractivity contribution in [1.82, 2.24) is 19.2 Å². The molecular weight excluding hydrogens is 267 g/mol. The molecule has 2 heterocycles. The Morgan fingerprint density at radius 2 is 2.11 bits per heavy atom. The van der Waals surface area contributed by atoms with Gasteiger partial charge in [-0.1, -0.05) is 0 Å². The first-order valence-electron chi connectivity index (χ1n) is 4.78. The predicted molar refractivity (Wildman–Crippen MR) is 58.3 cm³/mol. The summed E-state index contributed by atoms with van der Waals surface area (Å²) in [5, 5.41) is 0. The summed E-state index contributed by atoms with van der Waals surface area (Å²) >= 11 is 0.894. The average Bonchev–Trinajstić information content (AvgIpc) is 2.83. The molecule has 0 aliphatic rings. The van der Waals surface area contributed by atoms with Crippen LogP contribution in [0, 0.1) is 0 Å². The molecule has 0 aromatic carbocycles. The van der Waals surface area contributed by atoms with Gasteiger partial charge in [0.25, 0.3) is 0 Å². The van der Waals surface area contributed by atoms with E-state index in [4.69, 9.17) is 5.84 Å². The zero-order valence-electron chi connectivity index (χ0n) is 8.85. The molecular formula is C9H8F3N5S. The van der Waals surface area contributed by atoms with Crippen LogP contribution in [0.2, 0.25) is 0 Å². The van der Waals surface area contributed by atoms with Gasteiger partial charge in [-0.3, -0.25) is 10.8 Å². The summed E-state index contributed by atoms with van der Waals surface area (Å²) in [5.41, 5.74) is 1.74. The molecule has 0 radical (unpaired) electrons. The standard InChI is InChI=1S/C9H8F3N5S/c10-9(11,12)6-1-2-14-3-5(6)8(16-13)7-4-15-18-17-7/h1-4,8,16H,13H2. The second kappa shape index (κ2) is 4.96. The number of nitrogens with two attached hydrogens (primary N) is 1. The molecule has 0 saturated carbocycles. The summed E-state index contributed by atoms with van der Waals surface area (Å²) in [7, 11) is 0. The van der Waals surface area contributed by atoms with Crippen LogP contribution in [-0.4, -0.2) is 13.7 Å². The van der Waals surface area contributed by atoms with Gasteiger partial charge in [-0.2, -0.15) is 21.9 Å². The number of nitrogens with one attached hydrogen (secondary N) is 1. The van der Waals surface area contributed by atoms with Gasteiger partial charge in [0.15, 0.2) is 0 Å². The molecule has 96 valence electrons. The highest BCUT2D eigenvalue weighted by Gasteiger charge is 2.35. The fourth-order valence-electron chi connectivity index (χ4n) is 1.53. The van der Waals surface area contributed by atoms with Crippen LogP contribution in [0.5, 0.6) is 0 Å². The third kappa shape index (κ3) is 2.47. The molecule has 5 nitrogen and oxygen atoms in total. The van der Waals surface area contributed by atoms with Crippen molar-refractivity contribution in [2.24, 2.45) is 5.84 Å². The molecule has 2 aromatic rings. The van der Waals surface area contributed by atoms with E-state index in [1.807, 2.05) is 0 Å². The summed E-state index contributed by atoms with van der Waals surface area (Å²) in [4.78, 5) is 3.70. The first-order chi connectivity index (χ1) is 8.54. The maximum Gasteiger partial charge on any atom is 0.416 e. The van der Waals surface area contributed by atoms with E-state index in [0.29, 0.717) is 5.69 Å². The molecule has 2 aromatic heterocycles. The van der Waals surface area contributed by atoms with Crippen molar-refractivity contribution in [2.45, 2.75) is 12.2 Å². The lowest BCUT2D eigenvalue weighted by molar-refractivity contribution is -0.138. The average molecular weight is 275 g/mol. The zero-order valence-corrected chi connectivity index (χ0v) is 9.66. The van der Waals surface area contributed by atoms with Crippen molar-refractivity contribution in [3.63, 3.8) is 0 Å². The number of hydrogen-bond acceptors (Lipinski definition) is 6. The molecule has 0 spiro atoms.